The average Bonchev–Trinajstić information content (AvgIpc) is 3.47. The molecule has 0 saturated carbocycles. The highest BCUT2D eigenvalue weighted by Crippen LogP contribution is 2.39. The quantitative estimate of drug-likeness (QED) is 0.527. The lowest BCUT2D eigenvalue weighted by Gasteiger charge is -2.39. The van der Waals surface area contributed by atoms with Crippen LogP contribution in [0.25, 0.3) is 0 Å². The number of likely N-dealkylation sites (tertiary alicyclic amines) is 1. The normalized spacial score (nSPS) is 16.9. The van der Waals surface area contributed by atoms with Crippen molar-refractivity contribution in [2.45, 2.75) is 30.3 Å². The molecule has 3 aromatic rings. The van der Waals surface area contributed by atoms with E-state index in [2.05, 4.69) is 16.3 Å². The fourth-order valence-electron chi connectivity index (χ4n) is 4.22. The molecule has 1 aromatic heterocycles. The number of piperidine rings is 1. The summed E-state index contributed by atoms with van der Waals surface area (Å²) < 4.78 is 53.2. The van der Waals surface area contributed by atoms with Gasteiger partial charge in [-0.25, -0.2) is 12.8 Å². The van der Waals surface area contributed by atoms with Crippen molar-refractivity contribution in [1.82, 2.24) is 4.90 Å². The van der Waals surface area contributed by atoms with Crippen LogP contribution in [0.15, 0.2) is 64.9 Å². The van der Waals surface area contributed by atoms with Gasteiger partial charge in [0.25, 0.3) is 10.0 Å². The van der Waals surface area contributed by atoms with Crippen molar-refractivity contribution < 1.29 is 22.3 Å². The lowest BCUT2D eigenvalue weighted by atomic mass is 10.0. The van der Waals surface area contributed by atoms with Crippen molar-refractivity contribution in [2.75, 3.05) is 24.2 Å². The number of nitrogens with zero attached hydrogens (tertiary/aromatic N) is 2. The highest BCUT2D eigenvalue weighted by atomic mass is 32.2. The van der Waals surface area contributed by atoms with Gasteiger partial charge < -0.3 is 9.47 Å². The monoisotopic (exact) mass is 474 g/mol. The Labute approximate surface area is 190 Å². The number of thiophene rings is 1. The summed E-state index contributed by atoms with van der Waals surface area (Å²) >= 11 is 1.73. The second kappa shape index (κ2) is 8.73. The minimum absolute atomic E-state index is 0.0672. The zero-order chi connectivity index (χ0) is 22.1. The smallest absolute Gasteiger partial charge is 0.264 e. The van der Waals surface area contributed by atoms with Gasteiger partial charge >= 0.3 is 0 Å². The Balaban J connectivity index is 1.44. The second-order valence-electron chi connectivity index (χ2n) is 7.88. The minimum atomic E-state index is -3.90. The van der Waals surface area contributed by atoms with Crippen molar-refractivity contribution in [3.63, 3.8) is 0 Å². The molecule has 168 valence electrons. The number of fused-ring (bicyclic) bond motifs is 1. The second-order valence-corrected chi connectivity index (χ2v) is 10.7. The SMILES string of the molecule is O=S(=O)(c1ccc(F)cc1)N(c1ccc2c(c1)OCO2)C1CCN(Cc2cccs2)CC1. The third kappa shape index (κ3) is 4.20. The molecule has 0 aliphatic carbocycles. The number of hydrogen-bond donors (Lipinski definition) is 0. The maximum Gasteiger partial charge on any atom is 0.264 e. The fourth-order valence-corrected chi connectivity index (χ4v) is 6.67. The summed E-state index contributed by atoms with van der Waals surface area (Å²) in [6, 6.07) is 14.1. The molecule has 6 nitrogen and oxygen atoms in total. The molecule has 32 heavy (non-hydrogen) atoms. The summed E-state index contributed by atoms with van der Waals surface area (Å²) in [4.78, 5) is 3.72. The van der Waals surface area contributed by atoms with Gasteiger partial charge in [0, 0.05) is 36.6 Å². The van der Waals surface area contributed by atoms with Crippen LogP contribution in [0.1, 0.15) is 17.7 Å². The zero-order valence-electron chi connectivity index (χ0n) is 17.3. The van der Waals surface area contributed by atoms with E-state index in [1.165, 1.54) is 33.4 Å². The third-order valence-corrected chi connectivity index (χ3v) is 8.59. The van der Waals surface area contributed by atoms with E-state index >= 15 is 0 Å². The van der Waals surface area contributed by atoms with Crippen LogP contribution in [0, 0.1) is 5.82 Å². The van der Waals surface area contributed by atoms with E-state index in [4.69, 9.17) is 9.47 Å². The van der Waals surface area contributed by atoms with Crippen LogP contribution in [0.5, 0.6) is 11.5 Å². The van der Waals surface area contributed by atoms with Gasteiger partial charge in [-0.05, 0) is 60.7 Å². The van der Waals surface area contributed by atoms with Crippen LogP contribution in [0.2, 0.25) is 0 Å². The van der Waals surface area contributed by atoms with Crippen LogP contribution in [-0.4, -0.2) is 39.2 Å². The van der Waals surface area contributed by atoms with Crippen LogP contribution < -0.4 is 13.8 Å². The molecule has 1 fully saturated rings. The van der Waals surface area contributed by atoms with Crippen LogP contribution in [-0.2, 0) is 16.6 Å². The summed E-state index contributed by atoms with van der Waals surface area (Å²) in [5.74, 6) is 0.649. The van der Waals surface area contributed by atoms with Gasteiger partial charge in [0.15, 0.2) is 11.5 Å². The van der Waals surface area contributed by atoms with E-state index in [1.807, 2.05) is 6.07 Å². The fraction of sp³-hybridized carbons (Fsp3) is 0.304. The molecule has 2 aliphatic heterocycles. The van der Waals surface area contributed by atoms with E-state index < -0.39 is 15.8 Å². The lowest BCUT2D eigenvalue weighted by molar-refractivity contribution is 0.174. The molecular formula is C23H23FN2O4S2. The number of halogens is 1. The molecule has 0 amide bonds. The highest BCUT2D eigenvalue weighted by Gasteiger charge is 2.35. The number of ether oxygens (including phenoxy) is 2. The molecule has 0 bridgehead atoms. The summed E-state index contributed by atoms with van der Waals surface area (Å²) in [5, 5.41) is 2.07. The largest absolute Gasteiger partial charge is 0.454 e. The Morgan fingerprint density at radius 2 is 1.78 bits per heavy atom. The number of benzene rings is 2. The predicted octanol–water partition coefficient (Wildman–Crippen LogP) is 4.48. The molecule has 0 spiro atoms. The Morgan fingerprint density at radius 3 is 2.50 bits per heavy atom. The molecular weight excluding hydrogens is 451 g/mol. The molecule has 3 heterocycles. The first kappa shape index (κ1) is 21.2. The molecule has 0 unspecified atom stereocenters. The molecule has 0 N–H and O–H groups in total. The van der Waals surface area contributed by atoms with Gasteiger partial charge in [0.2, 0.25) is 6.79 Å². The molecule has 1 saturated heterocycles. The minimum Gasteiger partial charge on any atom is -0.454 e. The number of anilines is 1. The van der Waals surface area contributed by atoms with Crippen molar-refractivity contribution in [3.05, 3.63) is 70.7 Å². The van der Waals surface area contributed by atoms with Crippen LogP contribution in [0.3, 0.4) is 0 Å². The van der Waals surface area contributed by atoms with E-state index in [9.17, 15) is 12.8 Å². The highest BCUT2D eigenvalue weighted by molar-refractivity contribution is 7.92. The van der Waals surface area contributed by atoms with E-state index in [0.29, 0.717) is 30.0 Å². The molecule has 2 aliphatic rings. The van der Waals surface area contributed by atoms with E-state index in [-0.39, 0.29) is 17.7 Å². The summed E-state index contributed by atoms with van der Waals surface area (Å²) in [6.07, 6.45) is 1.39. The lowest BCUT2D eigenvalue weighted by Crippen LogP contribution is -2.47. The van der Waals surface area contributed by atoms with Crippen LogP contribution in [0.4, 0.5) is 10.1 Å². The van der Waals surface area contributed by atoms with Gasteiger partial charge in [-0.15, -0.1) is 11.3 Å². The van der Waals surface area contributed by atoms with Crippen molar-refractivity contribution in [1.29, 1.82) is 0 Å². The van der Waals surface area contributed by atoms with Crippen molar-refractivity contribution >= 4 is 27.0 Å². The third-order valence-electron chi connectivity index (χ3n) is 5.83. The Kier molecular flexibility index (Phi) is 5.79. The summed E-state index contributed by atoms with van der Waals surface area (Å²) in [6.45, 7) is 2.58. The van der Waals surface area contributed by atoms with Gasteiger partial charge in [-0.1, -0.05) is 6.07 Å². The van der Waals surface area contributed by atoms with E-state index in [0.717, 1.165) is 19.6 Å². The maximum absolute atomic E-state index is 13.7. The number of sulfonamides is 1. The van der Waals surface area contributed by atoms with Gasteiger partial charge in [-0.3, -0.25) is 9.21 Å². The van der Waals surface area contributed by atoms with Crippen molar-refractivity contribution in [3.8, 4) is 11.5 Å². The standard InChI is InChI=1S/C23H23FN2O4S2/c24-17-3-6-21(7-4-17)32(27,28)26(19-5-8-22-23(14-19)30-16-29-22)18-9-11-25(12-10-18)15-20-2-1-13-31-20/h1-8,13-14,18H,9-12,15-16H2. The number of rotatable bonds is 6. The summed E-state index contributed by atoms with van der Waals surface area (Å²) in [7, 11) is -3.90. The van der Waals surface area contributed by atoms with E-state index in [1.54, 1.807) is 29.5 Å². The zero-order valence-corrected chi connectivity index (χ0v) is 18.9. The molecule has 2 aromatic carbocycles. The van der Waals surface area contributed by atoms with Crippen LogP contribution >= 0.6 is 11.3 Å². The maximum atomic E-state index is 13.7. The van der Waals surface area contributed by atoms with Gasteiger partial charge in [0.1, 0.15) is 5.82 Å². The Bertz CT molecular complexity index is 1180. The first-order valence-electron chi connectivity index (χ1n) is 10.4. The predicted molar refractivity (Wildman–Crippen MR) is 121 cm³/mol. The molecule has 0 radical (unpaired) electrons. The van der Waals surface area contributed by atoms with Gasteiger partial charge in [0.05, 0.1) is 10.6 Å². The Morgan fingerprint density at radius 1 is 1.03 bits per heavy atom. The molecule has 9 heteroatoms. The average molecular weight is 475 g/mol. The molecule has 5 rings (SSSR count). The summed E-state index contributed by atoms with van der Waals surface area (Å²) in [5.41, 5.74) is 0.523. The molecule has 0 atom stereocenters. The van der Waals surface area contributed by atoms with Crippen molar-refractivity contribution in [2.24, 2.45) is 0 Å². The Hall–Kier alpha value is -2.62. The first-order chi connectivity index (χ1) is 15.5. The van der Waals surface area contributed by atoms with Gasteiger partial charge in [-0.2, -0.15) is 0 Å². The topological polar surface area (TPSA) is 59.1 Å². The number of hydrogen-bond acceptors (Lipinski definition) is 6. The first-order valence-corrected chi connectivity index (χ1v) is 12.8.